The van der Waals surface area contributed by atoms with Crippen molar-refractivity contribution in [1.29, 1.82) is 0 Å². The van der Waals surface area contributed by atoms with Crippen molar-refractivity contribution in [1.82, 2.24) is 10.6 Å². The summed E-state index contributed by atoms with van der Waals surface area (Å²) in [5.41, 5.74) is 1.18. The molecule has 0 bridgehead atoms. The first-order chi connectivity index (χ1) is 8.74. The van der Waals surface area contributed by atoms with Crippen molar-refractivity contribution in [2.75, 3.05) is 26.8 Å². The molecule has 0 fully saturated rings. The highest BCUT2D eigenvalue weighted by Gasteiger charge is 2.06. The Bertz CT molecular complexity index is 341. The van der Waals surface area contributed by atoms with Crippen LogP contribution in [-0.4, -0.2) is 32.7 Å². The van der Waals surface area contributed by atoms with E-state index in [9.17, 15) is 4.79 Å². The number of ether oxygens (including phenoxy) is 1. The van der Waals surface area contributed by atoms with E-state index in [-0.39, 0.29) is 11.9 Å². The van der Waals surface area contributed by atoms with Crippen molar-refractivity contribution < 1.29 is 9.53 Å². The molecular formula is C14H22N2O2. The molecule has 2 N–H and O–H groups in total. The van der Waals surface area contributed by atoms with Crippen LogP contribution in [0.25, 0.3) is 0 Å². The van der Waals surface area contributed by atoms with Gasteiger partial charge in [-0.3, -0.25) is 4.79 Å². The first-order valence-corrected chi connectivity index (χ1v) is 6.28. The number of carbonyl (C=O) groups is 1. The third-order valence-electron chi connectivity index (χ3n) is 2.72. The largest absolute Gasteiger partial charge is 0.385 e. The fourth-order valence-corrected chi connectivity index (χ4v) is 1.61. The lowest BCUT2D eigenvalue weighted by Crippen LogP contribution is -2.35. The molecule has 0 unspecified atom stereocenters. The highest BCUT2D eigenvalue weighted by Crippen LogP contribution is 2.10. The summed E-state index contributed by atoms with van der Waals surface area (Å²) in [4.78, 5) is 11.5. The van der Waals surface area contributed by atoms with Crippen molar-refractivity contribution >= 4 is 5.91 Å². The van der Waals surface area contributed by atoms with Crippen molar-refractivity contribution in [3.05, 3.63) is 35.9 Å². The molecule has 100 valence electrons. The number of carbonyl (C=O) groups excluding carboxylic acids is 1. The summed E-state index contributed by atoms with van der Waals surface area (Å²) in [7, 11) is 1.66. The molecule has 1 aromatic carbocycles. The summed E-state index contributed by atoms with van der Waals surface area (Å²) in [6.45, 7) is 3.72. The van der Waals surface area contributed by atoms with E-state index in [0.29, 0.717) is 19.7 Å². The van der Waals surface area contributed by atoms with Gasteiger partial charge < -0.3 is 15.4 Å². The Balaban J connectivity index is 2.18. The van der Waals surface area contributed by atoms with E-state index >= 15 is 0 Å². The quantitative estimate of drug-likeness (QED) is 0.687. The molecule has 1 atom stereocenters. The van der Waals surface area contributed by atoms with Crippen LogP contribution in [0.5, 0.6) is 0 Å². The second-order valence-corrected chi connectivity index (χ2v) is 4.21. The smallest absolute Gasteiger partial charge is 0.233 e. The monoisotopic (exact) mass is 250 g/mol. The topological polar surface area (TPSA) is 50.4 Å². The predicted molar refractivity (Wildman–Crippen MR) is 72.4 cm³/mol. The second kappa shape index (κ2) is 8.66. The van der Waals surface area contributed by atoms with Crippen LogP contribution in [-0.2, 0) is 9.53 Å². The SMILES string of the molecule is COCCCNC(=O)CN[C@@H](C)c1ccccc1. The maximum Gasteiger partial charge on any atom is 0.233 e. The number of rotatable bonds is 8. The van der Waals surface area contributed by atoms with Gasteiger partial charge in [0.2, 0.25) is 5.91 Å². The van der Waals surface area contributed by atoms with E-state index in [1.54, 1.807) is 7.11 Å². The van der Waals surface area contributed by atoms with Crippen LogP contribution < -0.4 is 10.6 Å². The van der Waals surface area contributed by atoms with Crippen molar-refractivity contribution in [3.63, 3.8) is 0 Å². The first kappa shape index (κ1) is 14.7. The number of hydrogen-bond donors (Lipinski definition) is 2. The Kier molecular flexibility index (Phi) is 7.06. The predicted octanol–water partition coefficient (Wildman–Crippen LogP) is 1.49. The lowest BCUT2D eigenvalue weighted by molar-refractivity contribution is -0.120. The van der Waals surface area contributed by atoms with Crippen molar-refractivity contribution in [2.24, 2.45) is 0 Å². The molecule has 1 aromatic rings. The van der Waals surface area contributed by atoms with Gasteiger partial charge in [0.05, 0.1) is 6.54 Å². The number of nitrogens with one attached hydrogen (secondary N) is 2. The van der Waals surface area contributed by atoms with Crippen LogP contribution in [0, 0.1) is 0 Å². The Hall–Kier alpha value is -1.39. The fourth-order valence-electron chi connectivity index (χ4n) is 1.61. The van der Waals surface area contributed by atoms with Gasteiger partial charge in [0.15, 0.2) is 0 Å². The van der Waals surface area contributed by atoms with E-state index in [4.69, 9.17) is 4.74 Å². The molecule has 18 heavy (non-hydrogen) atoms. The van der Waals surface area contributed by atoms with E-state index in [1.165, 1.54) is 5.56 Å². The molecule has 0 saturated carbocycles. The van der Waals surface area contributed by atoms with Gasteiger partial charge in [0.25, 0.3) is 0 Å². The number of hydrogen-bond acceptors (Lipinski definition) is 3. The minimum absolute atomic E-state index is 0.0221. The van der Waals surface area contributed by atoms with Crippen LogP contribution in [0.4, 0.5) is 0 Å². The zero-order valence-electron chi connectivity index (χ0n) is 11.1. The normalized spacial score (nSPS) is 12.1. The second-order valence-electron chi connectivity index (χ2n) is 4.21. The molecule has 1 amide bonds. The number of amides is 1. The molecule has 0 aromatic heterocycles. The van der Waals surface area contributed by atoms with Gasteiger partial charge in [-0.15, -0.1) is 0 Å². The molecule has 0 aliphatic carbocycles. The molecule has 0 aliphatic heterocycles. The summed E-state index contributed by atoms with van der Waals surface area (Å²) >= 11 is 0. The van der Waals surface area contributed by atoms with Gasteiger partial charge in [0.1, 0.15) is 0 Å². The van der Waals surface area contributed by atoms with Gasteiger partial charge in [-0.05, 0) is 18.9 Å². The molecule has 4 heteroatoms. The Morgan fingerprint density at radius 1 is 1.33 bits per heavy atom. The Morgan fingerprint density at radius 3 is 2.72 bits per heavy atom. The highest BCUT2D eigenvalue weighted by molar-refractivity contribution is 5.77. The van der Waals surface area contributed by atoms with Crippen LogP contribution in [0.3, 0.4) is 0 Å². The molecule has 0 radical (unpaired) electrons. The van der Waals surface area contributed by atoms with Crippen molar-refractivity contribution in [2.45, 2.75) is 19.4 Å². The van der Waals surface area contributed by atoms with E-state index in [0.717, 1.165) is 6.42 Å². The van der Waals surface area contributed by atoms with Gasteiger partial charge in [0, 0.05) is 26.3 Å². The highest BCUT2D eigenvalue weighted by atomic mass is 16.5. The minimum Gasteiger partial charge on any atom is -0.385 e. The number of methoxy groups -OCH3 is 1. The molecule has 1 rings (SSSR count). The van der Waals surface area contributed by atoms with E-state index < -0.39 is 0 Å². The minimum atomic E-state index is 0.0221. The summed E-state index contributed by atoms with van der Waals surface area (Å²) in [6, 6.07) is 10.3. The zero-order chi connectivity index (χ0) is 13.2. The first-order valence-electron chi connectivity index (χ1n) is 6.28. The van der Waals surface area contributed by atoms with Crippen molar-refractivity contribution in [3.8, 4) is 0 Å². The van der Waals surface area contributed by atoms with Gasteiger partial charge in [-0.2, -0.15) is 0 Å². The summed E-state index contributed by atoms with van der Waals surface area (Å²) in [5.74, 6) is 0.0221. The summed E-state index contributed by atoms with van der Waals surface area (Å²) in [6.07, 6.45) is 0.844. The van der Waals surface area contributed by atoms with Gasteiger partial charge in [-0.1, -0.05) is 30.3 Å². The van der Waals surface area contributed by atoms with Crippen LogP contribution in [0.15, 0.2) is 30.3 Å². The molecule has 0 spiro atoms. The third-order valence-corrected chi connectivity index (χ3v) is 2.72. The summed E-state index contributed by atoms with van der Waals surface area (Å²) in [5, 5.41) is 6.04. The van der Waals surface area contributed by atoms with E-state index in [1.807, 2.05) is 37.3 Å². The zero-order valence-corrected chi connectivity index (χ0v) is 11.1. The average Bonchev–Trinajstić information content (AvgIpc) is 2.42. The lowest BCUT2D eigenvalue weighted by atomic mass is 10.1. The van der Waals surface area contributed by atoms with Gasteiger partial charge >= 0.3 is 0 Å². The average molecular weight is 250 g/mol. The molecular weight excluding hydrogens is 228 g/mol. The maximum absolute atomic E-state index is 11.5. The Labute approximate surface area is 109 Å². The summed E-state index contributed by atoms with van der Waals surface area (Å²) < 4.78 is 4.91. The van der Waals surface area contributed by atoms with Gasteiger partial charge in [-0.25, -0.2) is 0 Å². The third kappa shape index (κ3) is 5.80. The molecule has 0 heterocycles. The molecule has 0 saturated heterocycles. The fraction of sp³-hybridized carbons (Fsp3) is 0.500. The standard InChI is InChI=1S/C14H22N2O2/c1-12(13-7-4-3-5-8-13)16-11-14(17)15-9-6-10-18-2/h3-5,7-8,12,16H,6,9-11H2,1-2H3,(H,15,17)/t12-/m0/s1. The van der Waals surface area contributed by atoms with E-state index in [2.05, 4.69) is 10.6 Å². The van der Waals surface area contributed by atoms with Crippen LogP contribution >= 0.6 is 0 Å². The molecule has 0 aliphatic rings. The number of benzene rings is 1. The van der Waals surface area contributed by atoms with Crippen LogP contribution in [0.1, 0.15) is 24.9 Å². The Morgan fingerprint density at radius 2 is 2.06 bits per heavy atom. The van der Waals surface area contributed by atoms with Crippen LogP contribution in [0.2, 0.25) is 0 Å². The molecule has 4 nitrogen and oxygen atoms in total. The lowest BCUT2D eigenvalue weighted by Gasteiger charge is -2.14. The maximum atomic E-state index is 11.5.